The summed E-state index contributed by atoms with van der Waals surface area (Å²) in [6.07, 6.45) is -4.85. The number of carbonyl (C=O) groups excluding carboxylic acids is 1. The molecule has 0 saturated carbocycles. The lowest BCUT2D eigenvalue weighted by atomic mass is 10.1. The number of aromatic nitrogens is 2. The maximum atomic E-state index is 13.4. The van der Waals surface area contributed by atoms with Crippen LogP contribution in [0.3, 0.4) is 0 Å². The molecule has 0 bridgehead atoms. The average molecular weight is 580 g/mol. The van der Waals surface area contributed by atoms with Gasteiger partial charge in [0.05, 0.1) is 23.5 Å². The van der Waals surface area contributed by atoms with E-state index in [1.807, 2.05) is 0 Å². The topological polar surface area (TPSA) is 128 Å². The van der Waals surface area contributed by atoms with Gasteiger partial charge in [-0.3, -0.25) is 23.6 Å². The van der Waals surface area contributed by atoms with Crippen LogP contribution in [0.5, 0.6) is 0 Å². The lowest BCUT2D eigenvalue weighted by Crippen LogP contribution is -2.51. The van der Waals surface area contributed by atoms with Crippen molar-refractivity contribution in [3.8, 4) is 0 Å². The fraction of sp³-hybridized carbons (Fsp3) is 0.346. The Balaban J connectivity index is 1.54. The molecule has 1 saturated heterocycles. The number of hydrogen-bond acceptors (Lipinski definition) is 7. The molecule has 2 heterocycles. The molecule has 0 amide bonds. The fourth-order valence-electron chi connectivity index (χ4n) is 4.65. The normalized spacial score (nSPS) is 15.3. The Labute approximate surface area is 228 Å². The van der Waals surface area contributed by atoms with Gasteiger partial charge in [0.25, 0.3) is 5.56 Å². The summed E-state index contributed by atoms with van der Waals surface area (Å²) in [4.78, 5) is 40.0. The van der Waals surface area contributed by atoms with Crippen molar-refractivity contribution < 1.29 is 26.4 Å². The first-order chi connectivity index (χ1) is 18.9. The van der Waals surface area contributed by atoms with Crippen LogP contribution in [0.25, 0.3) is 0 Å². The number of nitrogens with two attached hydrogens (primary N) is 1. The molecule has 214 valence electrons. The molecule has 1 aromatic heterocycles. The third-order valence-electron chi connectivity index (χ3n) is 6.76. The van der Waals surface area contributed by atoms with Crippen molar-refractivity contribution >= 4 is 21.6 Å². The highest BCUT2D eigenvalue weighted by molar-refractivity contribution is 7.89. The molecule has 0 spiro atoms. The van der Waals surface area contributed by atoms with Gasteiger partial charge >= 0.3 is 11.9 Å². The smallest absolute Gasteiger partial charge is 0.384 e. The number of hydrogen-bond donors (Lipinski definition) is 1. The Morgan fingerprint density at radius 2 is 1.52 bits per heavy atom. The number of alkyl halides is 3. The number of ketones is 1. The van der Waals surface area contributed by atoms with Crippen LogP contribution in [0, 0.1) is 0 Å². The van der Waals surface area contributed by atoms with E-state index in [-0.39, 0.29) is 57.2 Å². The summed E-state index contributed by atoms with van der Waals surface area (Å²) in [6, 6.07) is 12.9. The monoisotopic (exact) mass is 579 g/mol. The molecule has 3 aromatic rings. The minimum absolute atomic E-state index is 0.0168. The molecule has 1 aliphatic heterocycles. The zero-order valence-corrected chi connectivity index (χ0v) is 22.4. The molecule has 0 aliphatic carbocycles. The molecule has 14 heteroatoms. The van der Waals surface area contributed by atoms with Crippen LogP contribution in [0.2, 0.25) is 0 Å². The molecule has 10 nitrogen and oxygen atoms in total. The van der Waals surface area contributed by atoms with Crippen molar-refractivity contribution in [3.63, 3.8) is 0 Å². The van der Waals surface area contributed by atoms with E-state index in [1.165, 1.54) is 6.07 Å². The summed E-state index contributed by atoms with van der Waals surface area (Å²) in [5, 5.41) is 0. The predicted molar refractivity (Wildman–Crippen MR) is 142 cm³/mol. The first-order valence-electron chi connectivity index (χ1n) is 12.4. The van der Waals surface area contributed by atoms with Crippen molar-refractivity contribution in [1.82, 2.24) is 18.3 Å². The maximum absolute atomic E-state index is 13.4. The Morgan fingerprint density at radius 1 is 0.925 bits per heavy atom. The van der Waals surface area contributed by atoms with Crippen molar-refractivity contribution in [1.29, 1.82) is 0 Å². The van der Waals surface area contributed by atoms with Crippen LogP contribution in [-0.4, -0.2) is 65.3 Å². The average Bonchev–Trinajstić information content (AvgIpc) is 2.92. The summed E-state index contributed by atoms with van der Waals surface area (Å²) in [6.45, 7) is 1.10. The quantitative estimate of drug-likeness (QED) is 0.404. The second kappa shape index (κ2) is 11.4. The van der Waals surface area contributed by atoms with Gasteiger partial charge in [-0.15, -0.1) is 0 Å². The summed E-state index contributed by atoms with van der Waals surface area (Å²) in [5.74, 6) is -0.913. The highest BCUT2D eigenvalue weighted by Gasteiger charge is 2.39. The number of nitrogen functional groups attached to an aromatic ring is 1. The van der Waals surface area contributed by atoms with Gasteiger partial charge in [-0.1, -0.05) is 42.5 Å². The van der Waals surface area contributed by atoms with E-state index in [0.29, 0.717) is 6.07 Å². The van der Waals surface area contributed by atoms with Crippen molar-refractivity contribution in [2.24, 2.45) is 0 Å². The van der Waals surface area contributed by atoms with Gasteiger partial charge in [0, 0.05) is 32.7 Å². The maximum Gasteiger partial charge on any atom is 0.417 e. The molecule has 1 aliphatic rings. The number of piperazine rings is 1. The van der Waals surface area contributed by atoms with Gasteiger partial charge in [0.1, 0.15) is 11.4 Å². The number of anilines is 1. The molecule has 0 unspecified atom stereocenters. The largest absolute Gasteiger partial charge is 0.417 e. The van der Waals surface area contributed by atoms with Crippen LogP contribution in [-0.2, 0) is 29.3 Å². The van der Waals surface area contributed by atoms with E-state index >= 15 is 0 Å². The van der Waals surface area contributed by atoms with Crippen LogP contribution in [0.4, 0.5) is 19.0 Å². The number of halogens is 3. The summed E-state index contributed by atoms with van der Waals surface area (Å²) in [5.41, 5.74) is 3.87. The van der Waals surface area contributed by atoms with Crippen molar-refractivity contribution in [3.05, 3.63) is 92.1 Å². The third-order valence-corrected chi connectivity index (χ3v) is 8.71. The zero-order valence-electron chi connectivity index (χ0n) is 21.6. The highest BCUT2D eigenvalue weighted by atomic mass is 32.2. The van der Waals surface area contributed by atoms with Crippen LogP contribution >= 0.6 is 0 Å². The standard InChI is InChI=1S/C26H28F3N5O5S/c1-2-33-24(36)22(23(30)34(25(33)37)16-18-8-4-3-5-9-18)20(35)17-31-12-14-32(15-13-31)40(38,39)21-11-7-6-10-19(21)26(27,28)29/h3-11H,2,12-17,30H2,1H3. The summed E-state index contributed by atoms with van der Waals surface area (Å²) < 4.78 is 69.4. The van der Waals surface area contributed by atoms with E-state index in [1.54, 1.807) is 42.2 Å². The van der Waals surface area contributed by atoms with Crippen molar-refractivity contribution in [2.75, 3.05) is 38.5 Å². The molecule has 40 heavy (non-hydrogen) atoms. The number of rotatable bonds is 8. The van der Waals surface area contributed by atoms with Crippen LogP contribution in [0.1, 0.15) is 28.4 Å². The minimum Gasteiger partial charge on any atom is -0.384 e. The first kappa shape index (κ1) is 29.2. The van der Waals surface area contributed by atoms with Gasteiger partial charge in [-0.05, 0) is 24.6 Å². The Morgan fingerprint density at radius 3 is 2.12 bits per heavy atom. The van der Waals surface area contributed by atoms with Gasteiger partial charge in [-0.2, -0.15) is 17.5 Å². The lowest BCUT2D eigenvalue weighted by Gasteiger charge is -2.34. The molecule has 2 aromatic carbocycles. The van der Waals surface area contributed by atoms with Gasteiger partial charge in [0.15, 0.2) is 5.78 Å². The number of nitrogens with zero attached hydrogens (tertiary/aromatic N) is 4. The number of sulfonamides is 1. The zero-order chi connectivity index (χ0) is 29.2. The van der Waals surface area contributed by atoms with E-state index in [0.717, 1.165) is 31.1 Å². The number of carbonyl (C=O) groups is 1. The van der Waals surface area contributed by atoms with Gasteiger partial charge in [-0.25, -0.2) is 13.2 Å². The molecule has 0 radical (unpaired) electrons. The van der Waals surface area contributed by atoms with E-state index in [9.17, 15) is 36.0 Å². The first-order valence-corrected chi connectivity index (χ1v) is 13.9. The predicted octanol–water partition coefficient (Wildman–Crippen LogP) is 1.87. The molecule has 2 N–H and O–H groups in total. The Kier molecular flexibility index (Phi) is 8.33. The second-order valence-electron chi connectivity index (χ2n) is 9.26. The Hall–Kier alpha value is -3.75. The molecule has 0 atom stereocenters. The number of benzene rings is 2. The van der Waals surface area contributed by atoms with Gasteiger partial charge in [0.2, 0.25) is 10.0 Å². The molecule has 1 fully saturated rings. The lowest BCUT2D eigenvalue weighted by molar-refractivity contribution is -0.139. The van der Waals surface area contributed by atoms with Crippen molar-refractivity contribution in [2.45, 2.75) is 31.1 Å². The molecular formula is C26H28F3N5O5S. The van der Waals surface area contributed by atoms with E-state index in [2.05, 4.69) is 0 Å². The van der Waals surface area contributed by atoms with Crippen LogP contribution < -0.4 is 17.0 Å². The van der Waals surface area contributed by atoms with Gasteiger partial charge < -0.3 is 5.73 Å². The third kappa shape index (κ3) is 5.74. The highest BCUT2D eigenvalue weighted by Crippen LogP contribution is 2.35. The summed E-state index contributed by atoms with van der Waals surface area (Å²) >= 11 is 0. The van der Waals surface area contributed by atoms with Crippen LogP contribution in [0.15, 0.2) is 69.1 Å². The minimum atomic E-state index is -4.85. The molecule has 4 rings (SSSR count). The number of Topliss-reactive ketones (excluding diaryl/α,β-unsaturated/α-hetero) is 1. The van der Waals surface area contributed by atoms with E-state index < -0.39 is 43.7 Å². The second-order valence-corrected chi connectivity index (χ2v) is 11.2. The molecular weight excluding hydrogens is 551 g/mol. The fourth-order valence-corrected chi connectivity index (χ4v) is 6.28. The van der Waals surface area contributed by atoms with E-state index in [4.69, 9.17) is 5.73 Å². The Bertz CT molecular complexity index is 1630. The SMILES string of the molecule is CCn1c(=O)c(C(=O)CN2CCN(S(=O)(=O)c3ccccc3C(F)(F)F)CC2)c(N)n(Cc2ccccc2)c1=O. The summed E-state index contributed by atoms with van der Waals surface area (Å²) in [7, 11) is -4.45.